The lowest BCUT2D eigenvalue weighted by Crippen LogP contribution is -2.61. The Morgan fingerprint density at radius 3 is 2.29 bits per heavy atom. The second-order valence-corrected chi connectivity index (χ2v) is 4.68. The average molecular weight is 242 g/mol. The van der Waals surface area contributed by atoms with Gasteiger partial charge in [-0.1, -0.05) is 13.8 Å². The number of amides is 2. The molecular weight excluding hydrogens is 224 g/mol. The summed E-state index contributed by atoms with van der Waals surface area (Å²) in [7, 11) is 0. The van der Waals surface area contributed by atoms with Crippen molar-refractivity contribution in [3.05, 3.63) is 0 Å². The largest absolute Gasteiger partial charge is 0.481 e. The predicted octanol–water partition coefficient (Wildman–Crippen LogP) is -0.119. The number of aliphatic carboxylic acids is 1. The van der Waals surface area contributed by atoms with Crippen molar-refractivity contribution in [2.45, 2.75) is 45.2 Å². The van der Waals surface area contributed by atoms with Crippen molar-refractivity contribution in [1.29, 1.82) is 0 Å². The van der Waals surface area contributed by atoms with E-state index < -0.39 is 18.1 Å². The number of hydrogen-bond donors (Lipinski definition) is 3. The van der Waals surface area contributed by atoms with E-state index in [4.69, 9.17) is 5.11 Å². The van der Waals surface area contributed by atoms with E-state index >= 15 is 0 Å². The van der Waals surface area contributed by atoms with E-state index in [2.05, 4.69) is 10.6 Å². The van der Waals surface area contributed by atoms with Gasteiger partial charge in [-0.05, 0) is 18.8 Å². The Bertz CT molecular complexity index is 327. The van der Waals surface area contributed by atoms with Crippen molar-refractivity contribution >= 4 is 17.8 Å². The van der Waals surface area contributed by atoms with Crippen molar-refractivity contribution in [2.24, 2.45) is 5.92 Å². The number of nitrogens with one attached hydrogen (secondary N) is 2. The van der Waals surface area contributed by atoms with Gasteiger partial charge < -0.3 is 15.7 Å². The third kappa shape index (κ3) is 4.05. The molecule has 96 valence electrons. The first-order valence-electron chi connectivity index (χ1n) is 5.72. The minimum atomic E-state index is -0.976. The van der Waals surface area contributed by atoms with Gasteiger partial charge in [0.15, 0.2) is 0 Å². The maximum absolute atomic E-state index is 11.7. The molecule has 17 heavy (non-hydrogen) atoms. The van der Waals surface area contributed by atoms with E-state index in [9.17, 15) is 14.4 Å². The average Bonchev–Trinajstić information content (AvgIpc) is 2.20. The summed E-state index contributed by atoms with van der Waals surface area (Å²) in [6, 6.07) is -1.22. The van der Waals surface area contributed by atoms with Crippen LogP contribution in [0.4, 0.5) is 0 Å². The van der Waals surface area contributed by atoms with Gasteiger partial charge in [0, 0.05) is 6.42 Å². The van der Waals surface area contributed by atoms with Crippen LogP contribution in [0.1, 0.15) is 33.1 Å². The number of hydrogen-bond acceptors (Lipinski definition) is 3. The number of carboxylic acid groups (broad SMARTS) is 1. The SMILES string of the molecule is CC(C)C[C@@H]1NC(=O)[C@@H](CCC(=O)O)NC1=O. The summed E-state index contributed by atoms with van der Waals surface area (Å²) >= 11 is 0. The van der Waals surface area contributed by atoms with Crippen LogP contribution < -0.4 is 10.6 Å². The Labute approximate surface area is 99.8 Å². The molecule has 1 rings (SSSR count). The van der Waals surface area contributed by atoms with Gasteiger partial charge >= 0.3 is 5.97 Å². The van der Waals surface area contributed by atoms with Crippen molar-refractivity contribution in [2.75, 3.05) is 0 Å². The Kier molecular flexibility index (Phi) is 4.48. The van der Waals surface area contributed by atoms with Crippen LogP contribution in [0.5, 0.6) is 0 Å². The van der Waals surface area contributed by atoms with Gasteiger partial charge in [0.05, 0.1) is 0 Å². The Morgan fingerprint density at radius 1 is 1.24 bits per heavy atom. The minimum Gasteiger partial charge on any atom is -0.481 e. The summed E-state index contributed by atoms with van der Waals surface area (Å²) in [6.07, 6.45) is 0.581. The van der Waals surface area contributed by atoms with Gasteiger partial charge in [0.1, 0.15) is 12.1 Å². The molecule has 0 unspecified atom stereocenters. The maximum Gasteiger partial charge on any atom is 0.303 e. The van der Waals surface area contributed by atoms with E-state index in [1.807, 2.05) is 13.8 Å². The van der Waals surface area contributed by atoms with Crippen LogP contribution in [0.2, 0.25) is 0 Å². The second-order valence-electron chi connectivity index (χ2n) is 4.68. The van der Waals surface area contributed by atoms with Crippen molar-refractivity contribution < 1.29 is 19.5 Å². The van der Waals surface area contributed by atoms with Crippen LogP contribution in [0, 0.1) is 5.92 Å². The smallest absolute Gasteiger partial charge is 0.303 e. The van der Waals surface area contributed by atoms with E-state index in [1.165, 1.54) is 0 Å². The van der Waals surface area contributed by atoms with Gasteiger partial charge in [0.2, 0.25) is 11.8 Å². The molecule has 0 radical (unpaired) electrons. The Morgan fingerprint density at radius 2 is 1.76 bits per heavy atom. The lowest BCUT2D eigenvalue weighted by atomic mass is 9.99. The van der Waals surface area contributed by atoms with Crippen molar-refractivity contribution in [3.63, 3.8) is 0 Å². The lowest BCUT2D eigenvalue weighted by Gasteiger charge is -2.30. The molecule has 1 saturated heterocycles. The fraction of sp³-hybridized carbons (Fsp3) is 0.727. The molecule has 0 aliphatic carbocycles. The summed E-state index contributed by atoms with van der Waals surface area (Å²) in [5.41, 5.74) is 0. The van der Waals surface area contributed by atoms with Gasteiger partial charge in [-0.15, -0.1) is 0 Å². The van der Waals surface area contributed by atoms with Crippen LogP contribution in [0.25, 0.3) is 0 Å². The minimum absolute atomic E-state index is 0.126. The Hall–Kier alpha value is -1.59. The first-order chi connectivity index (χ1) is 7.90. The van der Waals surface area contributed by atoms with Crippen LogP contribution >= 0.6 is 0 Å². The van der Waals surface area contributed by atoms with Crippen LogP contribution in [-0.4, -0.2) is 35.0 Å². The first kappa shape index (κ1) is 13.5. The molecule has 1 aliphatic rings. The van der Waals surface area contributed by atoms with Crippen LogP contribution in [0.3, 0.4) is 0 Å². The number of carbonyl (C=O) groups excluding carboxylic acids is 2. The molecule has 6 nitrogen and oxygen atoms in total. The second kappa shape index (κ2) is 5.65. The van der Waals surface area contributed by atoms with Gasteiger partial charge in [-0.3, -0.25) is 14.4 Å². The Balaban J connectivity index is 2.52. The normalized spacial score (nSPS) is 24.4. The van der Waals surface area contributed by atoms with Gasteiger partial charge in [0.25, 0.3) is 0 Å². The number of rotatable bonds is 5. The molecule has 2 atom stereocenters. The maximum atomic E-state index is 11.7. The summed E-state index contributed by atoms with van der Waals surface area (Å²) in [6.45, 7) is 3.94. The number of piperazine rings is 1. The highest BCUT2D eigenvalue weighted by Crippen LogP contribution is 2.10. The molecule has 1 heterocycles. The molecule has 0 bridgehead atoms. The monoisotopic (exact) mass is 242 g/mol. The molecule has 0 aromatic rings. The quantitative estimate of drug-likeness (QED) is 0.626. The van der Waals surface area contributed by atoms with E-state index in [0.717, 1.165) is 0 Å². The topological polar surface area (TPSA) is 95.5 Å². The zero-order valence-corrected chi connectivity index (χ0v) is 10.0. The van der Waals surface area contributed by atoms with E-state index in [1.54, 1.807) is 0 Å². The summed E-state index contributed by atoms with van der Waals surface area (Å²) in [5, 5.41) is 13.7. The van der Waals surface area contributed by atoms with Crippen LogP contribution in [-0.2, 0) is 14.4 Å². The molecule has 3 N–H and O–H groups in total. The predicted molar refractivity (Wildman–Crippen MR) is 60.2 cm³/mol. The summed E-state index contributed by atoms with van der Waals surface area (Å²) < 4.78 is 0. The zero-order valence-electron chi connectivity index (χ0n) is 10.0. The fourth-order valence-corrected chi connectivity index (χ4v) is 1.78. The van der Waals surface area contributed by atoms with E-state index in [0.29, 0.717) is 12.3 Å². The van der Waals surface area contributed by atoms with Gasteiger partial charge in [-0.25, -0.2) is 0 Å². The molecule has 0 aromatic heterocycles. The lowest BCUT2D eigenvalue weighted by molar-refractivity contribution is -0.140. The zero-order chi connectivity index (χ0) is 13.0. The standard InChI is InChI=1S/C11H18N2O4/c1-6(2)5-8-11(17)12-7(10(16)13-8)3-4-9(14)15/h6-8H,3-5H2,1-2H3,(H,12,17)(H,13,16)(H,14,15)/t7-,8+/m1/s1. The summed E-state index contributed by atoms with van der Waals surface area (Å²) in [4.78, 5) is 33.7. The molecule has 6 heteroatoms. The highest BCUT2D eigenvalue weighted by Gasteiger charge is 2.33. The van der Waals surface area contributed by atoms with Gasteiger partial charge in [-0.2, -0.15) is 0 Å². The first-order valence-corrected chi connectivity index (χ1v) is 5.72. The molecule has 1 fully saturated rings. The van der Waals surface area contributed by atoms with Crippen LogP contribution in [0.15, 0.2) is 0 Å². The van der Waals surface area contributed by atoms with E-state index in [-0.39, 0.29) is 24.7 Å². The number of carbonyl (C=O) groups is 3. The molecule has 0 aromatic carbocycles. The fourth-order valence-electron chi connectivity index (χ4n) is 1.78. The molecule has 2 amide bonds. The molecule has 0 saturated carbocycles. The van der Waals surface area contributed by atoms with Crippen molar-refractivity contribution in [3.8, 4) is 0 Å². The van der Waals surface area contributed by atoms with Crippen molar-refractivity contribution in [1.82, 2.24) is 10.6 Å². The third-order valence-electron chi connectivity index (χ3n) is 2.62. The summed E-state index contributed by atoms with van der Waals surface area (Å²) in [5.74, 6) is -1.19. The number of carboxylic acids is 1. The highest BCUT2D eigenvalue weighted by molar-refractivity contribution is 5.97. The molecule has 1 aliphatic heterocycles. The molecular formula is C11H18N2O4. The highest BCUT2D eigenvalue weighted by atomic mass is 16.4. The third-order valence-corrected chi connectivity index (χ3v) is 2.62. The molecule has 0 spiro atoms.